The first-order valence-electron chi connectivity index (χ1n) is 18.2. The molecule has 1 aliphatic heterocycles. The molecular formula is C40H39N3O12S3. The number of carboxylic acids is 1. The summed E-state index contributed by atoms with van der Waals surface area (Å²) in [6.45, 7) is 4.23. The summed E-state index contributed by atoms with van der Waals surface area (Å²) < 4.78 is 103. The molecule has 4 aromatic carbocycles. The zero-order valence-corrected chi connectivity index (χ0v) is 33.6. The predicted molar refractivity (Wildman–Crippen MR) is 218 cm³/mol. The van der Waals surface area contributed by atoms with Gasteiger partial charge in [0.05, 0.1) is 11.8 Å². The number of carbonyl (C=O) groups is 2. The van der Waals surface area contributed by atoms with E-state index in [-0.39, 0.29) is 22.6 Å². The number of aromatic nitrogens is 1. The minimum atomic E-state index is -4.55. The quantitative estimate of drug-likeness (QED) is 0.0838. The van der Waals surface area contributed by atoms with Gasteiger partial charge in [-0.25, -0.2) is 0 Å². The van der Waals surface area contributed by atoms with Crippen molar-refractivity contribution in [1.29, 1.82) is 0 Å². The van der Waals surface area contributed by atoms with Crippen LogP contribution in [0.5, 0.6) is 0 Å². The maximum atomic E-state index is 13.8. The van der Waals surface area contributed by atoms with Crippen LogP contribution in [0.3, 0.4) is 0 Å². The minimum absolute atomic E-state index is 0.235. The van der Waals surface area contributed by atoms with Crippen LogP contribution in [0.25, 0.3) is 38.5 Å². The van der Waals surface area contributed by atoms with E-state index in [0.717, 1.165) is 11.3 Å². The molecule has 0 spiro atoms. The fourth-order valence-electron chi connectivity index (χ4n) is 8.40. The summed E-state index contributed by atoms with van der Waals surface area (Å²) in [5, 5.41) is 16.3. The van der Waals surface area contributed by atoms with E-state index < -0.39 is 66.0 Å². The van der Waals surface area contributed by atoms with Crippen LogP contribution in [-0.4, -0.2) is 79.3 Å². The molecule has 5 N–H and O–H groups in total. The Kier molecular flexibility index (Phi) is 10.4. The van der Waals surface area contributed by atoms with Gasteiger partial charge >= 0.3 is 5.97 Å². The van der Waals surface area contributed by atoms with E-state index in [9.17, 15) is 53.6 Å². The van der Waals surface area contributed by atoms with E-state index in [4.69, 9.17) is 0 Å². The van der Waals surface area contributed by atoms with E-state index in [1.807, 2.05) is 35.5 Å². The van der Waals surface area contributed by atoms with Gasteiger partial charge in [0.1, 0.15) is 9.79 Å². The van der Waals surface area contributed by atoms with Crippen LogP contribution in [0.15, 0.2) is 106 Å². The molecule has 58 heavy (non-hydrogen) atoms. The summed E-state index contributed by atoms with van der Waals surface area (Å²) in [6.07, 6.45) is 8.10. The second kappa shape index (κ2) is 14.8. The Morgan fingerprint density at radius 3 is 2.07 bits per heavy atom. The lowest BCUT2D eigenvalue weighted by molar-refractivity contribution is -0.156. The van der Waals surface area contributed by atoms with Crippen LogP contribution in [0, 0.1) is 5.41 Å². The van der Waals surface area contributed by atoms with Gasteiger partial charge in [0.25, 0.3) is 30.4 Å². The average molecular weight is 850 g/mol. The summed E-state index contributed by atoms with van der Waals surface area (Å²) >= 11 is 0. The number of carboxylic acid groups (broad SMARTS) is 1. The van der Waals surface area contributed by atoms with Crippen molar-refractivity contribution in [2.75, 3.05) is 23.7 Å². The highest BCUT2D eigenvalue weighted by molar-refractivity contribution is 7.86. The van der Waals surface area contributed by atoms with Gasteiger partial charge < -0.3 is 19.9 Å². The molecule has 2 atom stereocenters. The maximum Gasteiger partial charge on any atom is 0.319 e. The number of nitrogens with one attached hydrogen (secondary N) is 1. The molecule has 15 nitrogen and oxygen atoms in total. The van der Waals surface area contributed by atoms with Crippen molar-refractivity contribution < 1.29 is 53.6 Å². The van der Waals surface area contributed by atoms with Gasteiger partial charge in [0.2, 0.25) is 5.91 Å². The Hall–Kier alpha value is -5.37. The molecule has 0 fully saturated rings. The van der Waals surface area contributed by atoms with Gasteiger partial charge in [-0.1, -0.05) is 60.7 Å². The van der Waals surface area contributed by atoms with E-state index in [1.54, 1.807) is 66.8 Å². The zero-order valence-electron chi connectivity index (χ0n) is 31.2. The summed E-state index contributed by atoms with van der Waals surface area (Å²) in [5.41, 5.74) is 0.914. The summed E-state index contributed by atoms with van der Waals surface area (Å²) in [7, 11) is -13.6. The highest BCUT2D eigenvalue weighted by Crippen LogP contribution is 2.47. The van der Waals surface area contributed by atoms with Crippen LogP contribution in [0.4, 0.5) is 5.69 Å². The molecule has 0 bridgehead atoms. The molecule has 7 rings (SSSR count). The topological polar surface area (TPSA) is 238 Å². The van der Waals surface area contributed by atoms with Gasteiger partial charge in [0, 0.05) is 63.1 Å². The van der Waals surface area contributed by atoms with E-state index in [2.05, 4.69) is 5.32 Å². The Morgan fingerprint density at radius 2 is 1.45 bits per heavy atom. The first kappa shape index (κ1) is 40.8. The van der Waals surface area contributed by atoms with Gasteiger partial charge in [-0.3, -0.25) is 23.2 Å². The lowest BCUT2D eigenvalue weighted by atomic mass is 9.71. The molecule has 0 saturated carbocycles. The normalized spacial score (nSPS) is 19.9. The van der Waals surface area contributed by atoms with E-state index in [0.29, 0.717) is 62.0 Å². The minimum Gasteiger partial charge on any atom is -0.480 e. The largest absolute Gasteiger partial charge is 0.480 e. The molecule has 1 aliphatic carbocycles. The molecular weight excluding hydrogens is 811 g/mol. The van der Waals surface area contributed by atoms with Gasteiger partial charge in [0.15, 0.2) is 5.41 Å². The van der Waals surface area contributed by atoms with Crippen molar-refractivity contribution in [3.05, 3.63) is 107 Å². The van der Waals surface area contributed by atoms with Crippen molar-refractivity contribution in [3.63, 3.8) is 0 Å². The smallest absolute Gasteiger partial charge is 0.319 e. The highest BCUT2D eigenvalue weighted by atomic mass is 32.2. The van der Waals surface area contributed by atoms with Crippen molar-refractivity contribution in [2.45, 2.75) is 49.1 Å². The number of benzene rings is 4. The first-order chi connectivity index (χ1) is 27.3. The van der Waals surface area contributed by atoms with Gasteiger partial charge in [-0.15, -0.1) is 0 Å². The second-order valence-electron chi connectivity index (χ2n) is 14.2. The van der Waals surface area contributed by atoms with Crippen molar-refractivity contribution in [2.24, 2.45) is 5.41 Å². The molecule has 2 unspecified atom stereocenters. The van der Waals surface area contributed by atoms with Crippen molar-refractivity contribution in [1.82, 2.24) is 9.88 Å². The first-order valence-corrected chi connectivity index (χ1v) is 22.7. The molecule has 5 aromatic rings. The number of aliphatic carboxylic acids is 1. The number of nitrogens with zero attached hydrogens (tertiary/aromatic N) is 2. The molecule has 1 aromatic heterocycles. The SMILES string of the molecule is CCN1c2ccc(S(=O)(=O)O)c3cccc(c23)C1/C=C/C1=CC(=C/C=c2\c3cccc4c(S(=O)(=O)O)ccc(c43)n2CC)/CC(C(=O)O)(C(=O)NCCS(=O)(=O)O)C1. The van der Waals surface area contributed by atoms with Crippen LogP contribution < -0.4 is 15.6 Å². The summed E-state index contributed by atoms with van der Waals surface area (Å²) in [5.74, 6) is -3.26. The average Bonchev–Trinajstić information content (AvgIpc) is 3.64. The molecule has 0 saturated heterocycles. The van der Waals surface area contributed by atoms with Gasteiger partial charge in [-0.2, -0.15) is 25.3 Å². The Bertz CT molecular complexity index is 3060. The molecule has 304 valence electrons. The zero-order chi connectivity index (χ0) is 41.9. The number of amides is 1. The van der Waals surface area contributed by atoms with E-state index >= 15 is 0 Å². The van der Waals surface area contributed by atoms with Crippen LogP contribution >= 0.6 is 0 Å². The van der Waals surface area contributed by atoms with Crippen LogP contribution in [-0.2, 0) is 46.5 Å². The third kappa shape index (κ3) is 7.20. The van der Waals surface area contributed by atoms with Crippen LogP contribution in [0.1, 0.15) is 38.3 Å². The third-order valence-corrected chi connectivity index (χ3v) is 13.4. The number of likely N-dealkylation sites (N-methyl/N-ethyl adjacent to an activating group) is 1. The number of allylic oxidation sites excluding steroid dienone is 5. The number of carbonyl (C=O) groups excluding carboxylic acids is 1. The van der Waals surface area contributed by atoms with Gasteiger partial charge in [-0.05, 0) is 73.7 Å². The Morgan fingerprint density at radius 1 is 0.810 bits per heavy atom. The third-order valence-electron chi connectivity index (χ3n) is 10.8. The molecule has 2 aliphatic rings. The summed E-state index contributed by atoms with van der Waals surface area (Å²) in [6, 6.07) is 15.6. The Balaban J connectivity index is 1.37. The van der Waals surface area contributed by atoms with Crippen molar-refractivity contribution in [3.8, 4) is 0 Å². The number of hydrogen-bond acceptors (Lipinski definition) is 9. The fraction of sp³-hybridized carbons (Fsp3) is 0.250. The summed E-state index contributed by atoms with van der Waals surface area (Å²) in [4.78, 5) is 28.5. The molecule has 0 radical (unpaired) electrons. The van der Waals surface area contributed by atoms with E-state index in [1.165, 1.54) is 12.1 Å². The Labute approximate surface area is 333 Å². The van der Waals surface area contributed by atoms with Crippen LogP contribution in [0.2, 0.25) is 0 Å². The molecule has 1 amide bonds. The predicted octanol–water partition coefficient (Wildman–Crippen LogP) is 4.82. The number of aryl methyl sites for hydroxylation is 1. The number of rotatable bonds is 12. The highest BCUT2D eigenvalue weighted by Gasteiger charge is 2.48. The standard InChI is InChI=1S/C40H39N3O12S3/c1-3-42-30(26-7-5-9-28-34(57(50,51)52)17-15-32(42)36(26)28)13-11-24-21-25(23-40(22-24,39(45)46)38(44)41-19-20-56(47,48)49)12-14-31-27-8-6-10-29-35(58(53,54)55)18-16-33(37(27)29)43(31)4-2/h5-18,21,30H,3-4,19-20,22-23H2,1-2H3,(H,41,44)(H,45,46)(H,47,48,49)(H,50,51,52)(H,53,54,55)/b13-11+,25-12-,31-14+. The molecule has 2 heterocycles. The maximum absolute atomic E-state index is 13.8. The van der Waals surface area contributed by atoms with Crippen molar-refractivity contribution >= 4 is 86.4 Å². The molecule has 18 heteroatoms. The lowest BCUT2D eigenvalue weighted by Crippen LogP contribution is -2.49. The number of anilines is 1. The fourth-order valence-corrected chi connectivity index (χ4v) is 10.1. The number of hydrogen-bond donors (Lipinski definition) is 5. The lowest BCUT2D eigenvalue weighted by Gasteiger charge is -2.33. The second-order valence-corrected chi connectivity index (χ2v) is 18.6. The monoisotopic (exact) mass is 849 g/mol.